The predicted octanol–water partition coefficient (Wildman–Crippen LogP) is 3.65. The van der Waals surface area contributed by atoms with Gasteiger partial charge in [0.1, 0.15) is 11.6 Å². The Hall–Kier alpha value is -2.18. The van der Waals surface area contributed by atoms with Gasteiger partial charge in [-0.25, -0.2) is 9.37 Å². The van der Waals surface area contributed by atoms with Crippen LogP contribution >= 0.6 is 11.6 Å². The predicted molar refractivity (Wildman–Crippen MR) is 98.9 cm³/mol. The highest BCUT2D eigenvalue weighted by Gasteiger charge is 2.19. The smallest absolute Gasteiger partial charge is 0.255 e. The Labute approximate surface area is 156 Å². The third kappa shape index (κ3) is 4.51. The molecule has 0 aliphatic carbocycles. The number of benzene rings is 1. The number of rotatable bonds is 5. The molecular formula is C19H21ClFN3O2. The first-order valence-corrected chi connectivity index (χ1v) is 9.04. The third-order valence-electron chi connectivity index (χ3n) is 4.45. The molecule has 2 N–H and O–H groups in total. The molecule has 1 unspecified atom stereocenters. The molecule has 7 heteroatoms. The van der Waals surface area contributed by atoms with Crippen molar-refractivity contribution in [3.8, 4) is 0 Å². The summed E-state index contributed by atoms with van der Waals surface area (Å²) >= 11 is 6.24. The summed E-state index contributed by atoms with van der Waals surface area (Å²) in [5.74, 6) is -0.0207. The number of piperidine rings is 1. The van der Waals surface area contributed by atoms with Crippen LogP contribution in [0.15, 0.2) is 36.5 Å². The number of carbonyl (C=O) groups is 1. The van der Waals surface area contributed by atoms with E-state index in [-0.39, 0.29) is 18.3 Å². The summed E-state index contributed by atoms with van der Waals surface area (Å²) in [7, 11) is 0. The molecule has 1 aromatic carbocycles. The van der Waals surface area contributed by atoms with Crippen molar-refractivity contribution in [2.75, 3.05) is 25.0 Å². The second-order valence-electron chi connectivity index (χ2n) is 6.36. The maximum atomic E-state index is 12.9. The molecular weight excluding hydrogens is 357 g/mol. The summed E-state index contributed by atoms with van der Waals surface area (Å²) in [5.41, 5.74) is 1.05. The Morgan fingerprint density at radius 2 is 1.96 bits per heavy atom. The molecule has 1 saturated heterocycles. The number of pyridine rings is 1. The lowest BCUT2D eigenvalue weighted by Crippen LogP contribution is -2.35. The Bertz CT molecular complexity index is 764. The molecule has 1 aliphatic rings. The van der Waals surface area contributed by atoms with Crippen LogP contribution in [-0.2, 0) is 0 Å². The van der Waals surface area contributed by atoms with Gasteiger partial charge in [0.15, 0.2) is 0 Å². The second-order valence-corrected chi connectivity index (χ2v) is 6.76. The minimum atomic E-state index is -0.830. The first kappa shape index (κ1) is 18.6. The summed E-state index contributed by atoms with van der Waals surface area (Å²) in [6.07, 6.45) is 3.86. The van der Waals surface area contributed by atoms with Crippen LogP contribution in [0.5, 0.6) is 0 Å². The van der Waals surface area contributed by atoms with Gasteiger partial charge < -0.3 is 15.3 Å². The highest BCUT2D eigenvalue weighted by atomic mass is 35.5. The van der Waals surface area contributed by atoms with Crippen LogP contribution < -0.4 is 5.32 Å². The quantitative estimate of drug-likeness (QED) is 0.834. The number of halogens is 2. The maximum Gasteiger partial charge on any atom is 0.255 e. The first-order chi connectivity index (χ1) is 12.5. The van der Waals surface area contributed by atoms with Gasteiger partial charge in [-0.3, -0.25) is 4.79 Å². The SMILES string of the molecule is O=C(c1cnc(NCC(O)c2ccc(F)cc2)c(Cl)c1)N1CCCCC1. The number of nitrogens with zero attached hydrogens (tertiary/aromatic N) is 2. The molecule has 26 heavy (non-hydrogen) atoms. The molecule has 1 atom stereocenters. The molecule has 0 radical (unpaired) electrons. The monoisotopic (exact) mass is 377 g/mol. The van der Waals surface area contributed by atoms with E-state index >= 15 is 0 Å². The standard InChI is InChI=1S/C19H21ClFN3O2/c20-16-10-14(19(26)24-8-2-1-3-9-24)11-22-18(16)23-12-17(25)13-4-6-15(21)7-5-13/h4-7,10-11,17,25H,1-3,8-9,12H2,(H,22,23). The molecule has 2 heterocycles. The van der Waals surface area contributed by atoms with Gasteiger partial charge in [0.2, 0.25) is 0 Å². The number of aliphatic hydroxyl groups is 1. The average molecular weight is 378 g/mol. The van der Waals surface area contributed by atoms with Crippen molar-refractivity contribution in [3.05, 3.63) is 58.5 Å². The Morgan fingerprint density at radius 3 is 2.62 bits per heavy atom. The summed E-state index contributed by atoms with van der Waals surface area (Å²) in [5, 5.41) is 13.4. The number of anilines is 1. The Balaban J connectivity index is 1.62. The van der Waals surface area contributed by atoms with E-state index in [1.54, 1.807) is 6.07 Å². The van der Waals surface area contributed by atoms with Gasteiger partial charge in [-0.1, -0.05) is 23.7 Å². The summed E-state index contributed by atoms with van der Waals surface area (Å²) in [6, 6.07) is 7.24. The highest BCUT2D eigenvalue weighted by Crippen LogP contribution is 2.23. The number of aromatic nitrogens is 1. The van der Waals surface area contributed by atoms with E-state index in [4.69, 9.17) is 11.6 Å². The molecule has 0 saturated carbocycles. The molecule has 0 bridgehead atoms. The average Bonchev–Trinajstić information content (AvgIpc) is 2.67. The van der Waals surface area contributed by atoms with Gasteiger partial charge in [-0.15, -0.1) is 0 Å². The lowest BCUT2D eigenvalue weighted by atomic mass is 10.1. The Kier molecular flexibility index (Phi) is 6.06. The number of aliphatic hydroxyl groups excluding tert-OH is 1. The van der Waals surface area contributed by atoms with Crippen molar-refractivity contribution in [2.24, 2.45) is 0 Å². The van der Waals surface area contributed by atoms with Crippen LogP contribution in [0, 0.1) is 5.82 Å². The minimum absolute atomic E-state index is 0.0583. The zero-order chi connectivity index (χ0) is 18.5. The summed E-state index contributed by atoms with van der Waals surface area (Å²) in [4.78, 5) is 18.5. The van der Waals surface area contributed by atoms with Crippen LogP contribution in [0.25, 0.3) is 0 Å². The zero-order valence-electron chi connectivity index (χ0n) is 14.3. The van der Waals surface area contributed by atoms with Gasteiger partial charge >= 0.3 is 0 Å². The number of carbonyl (C=O) groups excluding carboxylic acids is 1. The van der Waals surface area contributed by atoms with Crippen molar-refractivity contribution in [1.29, 1.82) is 0 Å². The topological polar surface area (TPSA) is 65.5 Å². The normalized spacial score (nSPS) is 15.6. The molecule has 1 aromatic heterocycles. The van der Waals surface area contributed by atoms with Crippen LogP contribution in [0.1, 0.15) is 41.3 Å². The van der Waals surface area contributed by atoms with Crippen LogP contribution in [0.4, 0.5) is 10.2 Å². The van der Waals surface area contributed by atoms with E-state index in [1.807, 2.05) is 4.90 Å². The first-order valence-electron chi connectivity index (χ1n) is 8.67. The van der Waals surface area contributed by atoms with Crippen molar-refractivity contribution < 1.29 is 14.3 Å². The van der Waals surface area contributed by atoms with Gasteiger partial charge in [0, 0.05) is 25.8 Å². The minimum Gasteiger partial charge on any atom is -0.387 e. The zero-order valence-corrected chi connectivity index (χ0v) is 15.0. The second kappa shape index (κ2) is 8.47. The van der Waals surface area contributed by atoms with Crippen LogP contribution in [0.3, 0.4) is 0 Å². The van der Waals surface area contributed by atoms with Crippen molar-refractivity contribution >= 4 is 23.3 Å². The van der Waals surface area contributed by atoms with Gasteiger partial charge in [0.05, 0.1) is 16.7 Å². The van der Waals surface area contributed by atoms with Crippen molar-refractivity contribution in [2.45, 2.75) is 25.4 Å². The fraction of sp³-hybridized carbons (Fsp3) is 0.368. The molecule has 0 spiro atoms. The number of hydrogen-bond acceptors (Lipinski definition) is 4. The third-order valence-corrected chi connectivity index (χ3v) is 4.74. The summed E-state index contributed by atoms with van der Waals surface area (Å²) < 4.78 is 12.9. The Morgan fingerprint density at radius 1 is 1.27 bits per heavy atom. The maximum absolute atomic E-state index is 12.9. The number of likely N-dealkylation sites (tertiary alicyclic amines) is 1. The molecule has 3 rings (SSSR count). The van der Waals surface area contributed by atoms with Crippen molar-refractivity contribution in [1.82, 2.24) is 9.88 Å². The molecule has 138 valence electrons. The largest absolute Gasteiger partial charge is 0.387 e. The lowest BCUT2D eigenvalue weighted by Gasteiger charge is -2.26. The van der Waals surface area contributed by atoms with Crippen LogP contribution in [-0.4, -0.2) is 40.5 Å². The summed E-state index contributed by atoms with van der Waals surface area (Å²) in [6.45, 7) is 1.69. The van der Waals surface area contributed by atoms with Crippen LogP contribution in [0.2, 0.25) is 5.02 Å². The molecule has 1 amide bonds. The highest BCUT2D eigenvalue weighted by molar-refractivity contribution is 6.33. The van der Waals surface area contributed by atoms with E-state index in [0.717, 1.165) is 32.4 Å². The van der Waals surface area contributed by atoms with E-state index in [1.165, 1.54) is 30.5 Å². The number of amides is 1. The molecule has 5 nitrogen and oxygen atoms in total. The fourth-order valence-corrected chi connectivity index (χ4v) is 3.19. The molecule has 1 aliphatic heterocycles. The molecule has 2 aromatic rings. The molecule has 1 fully saturated rings. The van der Waals surface area contributed by atoms with Gasteiger partial charge in [-0.05, 0) is 43.0 Å². The number of hydrogen-bond donors (Lipinski definition) is 2. The fourth-order valence-electron chi connectivity index (χ4n) is 2.96. The number of nitrogens with one attached hydrogen (secondary N) is 1. The van der Waals surface area contributed by atoms with E-state index in [2.05, 4.69) is 10.3 Å². The van der Waals surface area contributed by atoms with E-state index < -0.39 is 6.10 Å². The van der Waals surface area contributed by atoms with Crippen molar-refractivity contribution in [3.63, 3.8) is 0 Å². The van der Waals surface area contributed by atoms with Gasteiger partial charge in [0.25, 0.3) is 5.91 Å². The van der Waals surface area contributed by atoms with E-state index in [9.17, 15) is 14.3 Å². The van der Waals surface area contributed by atoms with E-state index in [0.29, 0.717) is 22.0 Å². The van der Waals surface area contributed by atoms with Gasteiger partial charge in [-0.2, -0.15) is 0 Å². The lowest BCUT2D eigenvalue weighted by molar-refractivity contribution is 0.0724.